The van der Waals surface area contributed by atoms with Gasteiger partial charge in [-0.1, -0.05) is 0 Å². The molecule has 9 heavy (non-hydrogen) atoms. The molecule has 0 N–H and O–H groups in total. The van der Waals surface area contributed by atoms with Crippen molar-refractivity contribution in [2.24, 2.45) is 0 Å². The molecule has 0 unspecified atom stereocenters. The zero-order valence-corrected chi connectivity index (χ0v) is 4.99. The fraction of sp³-hybridized carbons (Fsp3) is 0.500. The second-order valence-electron chi connectivity index (χ2n) is 2.27. The van der Waals surface area contributed by atoms with Crippen molar-refractivity contribution in [2.45, 2.75) is 18.8 Å². The highest BCUT2D eigenvalue weighted by atomic mass is 15.0. The zero-order valence-electron chi connectivity index (χ0n) is 4.99. The van der Waals surface area contributed by atoms with E-state index in [1.54, 1.807) is 12.7 Å². The van der Waals surface area contributed by atoms with Gasteiger partial charge >= 0.3 is 0 Å². The fourth-order valence-electron chi connectivity index (χ4n) is 0.800. The first kappa shape index (κ1) is 4.85. The summed E-state index contributed by atoms with van der Waals surface area (Å²) in [6.45, 7) is 0. The summed E-state index contributed by atoms with van der Waals surface area (Å²) in [7, 11) is 0. The monoisotopic (exact) mass is 121 g/mol. The lowest BCUT2D eigenvalue weighted by molar-refractivity contribution is 0.886. The maximum Gasteiger partial charge on any atom is 0.135 e. The van der Waals surface area contributed by atoms with E-state index in [1.165, 1.54) is 12.8 Å². The van der Waals surface area contributed by atoms with Crippen LogP contribution in [0.15, 0.2) is 12.7 Å². The van der Waals surface area contributed by atoms with Crippen LogP contribution in [0.5, 0.6) is 0 Å². The summed E-state index contributed by atoms with van der Waals surface area (Å²) < 4.78 is 0. The van der Waals surface area contributed by atoms with Crippen molar-refractivity contribution in [3.8, 4) is 0 Å². The Morgan fingerprint density at radius 2 is 1.89 bits per heavy atom. The molecule has 1 aliphatic rings. The maximum atomic E-state index is 4.02. The Bertz CT molecular complexity index is 193. The van der Waals surface area contributed by atoms with Crippen LogP contribution >= 0.6 is 0 Å². The molecule has 0 atom stereocenters. The van der Waals surface area contributed by atoms with Crippen molar-refractivity contribution in [2.75, 3.05) is 0 Å². The van der Waals surface area contributed by atoms with Crippen LogP contribution in [0.4, 0.5) is 0 Å². The Balaban J connectivity index is 2.29. The number of hydrogen-bond acceptors (Lipinski definition) is 3. The predicted octanol–water partition coefficient (Wildman–Crippen LogP) is 0.749. The zero-order chi connectivity index (χ0) is 6.10. The fourth-order valence-corrected chi connectivity index (χ4v) is 0.800. The van der Waals surface area contributed by atoms with Crippen LogP contribution in [0.2, 0.25) is 0 Å². The van der Waals surface area contributed by atoms with E-state index < -0.39 is 0 Å². The molecule has 1 fully saturated rings. The van der Waals surface area contributed by atoms with Crippen LogP contribution in [0.3, 0.4) is 0 Å². The summed E-state index contributed by atoms with van der Waals surface area (Å²) in [4.78, 5) is 11.8. The molecule has 0 spiro atoms. The van der Waals surface area contributed by atoms with Gasteiger partial charge in [-0.25, -0.2) is 15.0 Å². The molecule has 0 bridgehead atoms. The third kappa shape index (κ3) is 0.896. The first-order valence-corrected chi connectivity index (χ1v) is 3.09. The highest BCUT2D eigenvalue weighted by Crippen LogP contribution is 2.37. The Morgan fingerprint density at radius 1 is 1.22 bits per heavy atom. The molecule has 0 radical (unpaired) electrons. The molecule has 1 aliphatic carbocycles. The molecule has 1 saturated carbocycles. The van der Waals surface area contributed by atoms with Gasteiger partial charge in [-0.05, 0) is 12.8 Å². The second-order valence-corrected chi connectivity index (χ2v) is 2.27. The van der Waals surface area contributed by atoms with E-state index in [-0.39, 0.29) is 0 Å². The molecule has 0 saturated heterocycles. The van der Waals surface area contributed by atoms with Gasteiger partial charge in [0.15, 0.2) is 0 Å². The van der Waals surface area contributed by atoms with Crippen LogP contribution < -0.4 is 0 Å². The summed E-state index contributed by atoms with van der Waals surface area (Å²) in [5.41, 5.74) is 0. The minimum absolute atomic E-state index is 0.646. The maximum absolute atomic E-state index is 4.02. The minimum atomic E-state index is 0.646. The van der Waals surface area contributed by atoms with Crippen molar-refractivity contribution >= 4 is 0 Å². The number of nitrogens with zero attached hydrogens (tertiary/aromatic N) is 3. The van der Waals surface area contributed by atoms with Crippen molar-refractivity contribution in [3.63, 3.8) is 0 Å². The lowest BCUT2D eigenvalue weighted by Crippen LogP contribution is -1.90. The largest absolute Gasteiger partial charge is 0.225 e. The molecular formula is C6H7N3. The van der Waals surface area contributed by atoms with Crippen molar-refractivity contribution in [3.05, 3.63) is 18.5 Å². The van der Waals surface area contributed by atoms with Gasteiger partial charge in [0, 0.05) is 5.92 Å². The molecule has 1 heterocycles. The Morgan fingerprint density at radius 3 is 2.44 bits per heavy atom. The van der Waals surface area contributed by atoms with Gasteiger partial charge in [-0.2, -0.15) is 0 Å². The smallest absolute Gasteiger partial charge is 0.135 e. The molecule has 0 aromatic carbocycles. The van der Waals surface area contributed by atoms with Crippen molar-refractivity contribution < 1.29 is 0 Å². The van der Waals surface area contributed by atoms with Gasteiger partial charge in [0.2, 0.25) is 0 Å². The van der Waals surface area contributed by atoms with E-state index in [0.717, 1.165) is 5.82 Å². The Labute approximate surface area is 53.2 Å². The summed E-state index contributed by atoms with van der Waals surface area (Å²) >= 11 is 0. The highest BCUT2D eigenvalue weighted by molar-refractivity contribution is 5.01. The van der Waals surface area contributed by atoms with Gasteiger partial charge in [0.25, 0.3) is 0 Å². The molecule has 46 valence electrons. The van der Waals surface area contributed by atoms with E-state index in [1.807, 2.05) is 0 Å². The van der Waals surface area contributed by atoms with E-state index in [4.69, 9.17) is 0 Å². The van der Waals surface area contributed by atoms with Crippen LogP contribution in [0.1, 0.15) is 24.6 Å². The lowest BCUT2D eigenvalue weighted by Gasteiger charge is -1.89. The van der Waals surface area contributed by atoms with E-state index in [0.29, 0.717) is 5.92 Å². The van der Waals surface area contributed by atoms with Gasteiger partial charge in [0.1, 0.15) is 18.5 Å². The average Bonchev–Trinajstić information content (AvgIpc) is 2.71. The van der Waals surface area contributed by atoms with E-state index in [9.17, 15) is 0 Å². The summed E-state index contributed by atoms with van der Waals surface area (Å²) in [6, 6.07) is 0. The van der Waals surface area contributed by atoms with Gasteiger partial charge in [-0.15, -0.1) is 0 Å². The van der Waals surface area contributed by atoms with E-state index in [2.05, 4.69) is 15.0 Å². The molecular weight excluding hydrogens is 114 g/mol. The molecule has 1 aromatic rings. The lowest BCUT2D eigenvalue weighted by atomic mass is 10.4. The van der Waals surface area contributed by atoms with Crippen LogP contribution in [0, 0.1) is 0 Å². The van der Waals surface area contributed by atoms with Crippen LogP contribution in [-0.4, -0.2) is 15.0 Å². The molecule has 0 amide bonds. The normalized spacial score (nSPS) is 17.8. The number of rotatable bonds is 1. The van der Waals surface area contributed by atoms with Crippen molar-refractivity contribution in [1.29, 1.82) is 0 Å². The summed E-state index contributed by atoms with van der Waals surface area (Å²) in [6.07, 6.45) is 5.62. The highest BCUT2D eigenvalue weighted by Gasteiger charge is 2.25. The molecule has 2 rings (SSSR count). The van der Waals surface area contributed by atoms with Crippen LogP contribution in [-0.2, 0) is 0 Å². The van der Waals surface area contributed by atoms with Gasteiger partial charge in [-0.3, -0.25) is 0 Å². The molecule has 1 aromatic heterocycles. The quantitative estimate of drug-likeness (QED) is 0.550. The van der Waals surface area contributed by atoms with Crippen LogP contribution in [0.25, 0.3) is 0 Å². The summed E-state index contributed by atoms with van der Waals surface area (Å²) in [5, 5.41) is 0. The third-order valence-corrected chi connectivity index (χ3v) is 1.46. The first-order valence-electron chi connectivity index (χ1n) is 3.09. The topological polar surface area (TPSA) is 38.7 Å². The molecule has 3 heteroatoms. The third-order valence-electron chi connectivity index (χ3n) is 1.46. The standard InChI is InChI=1S/C6H7N3/c1-2-5(1)6-8-3-7-4-9-6/h3-5H,1-2H2. The first-order chi connectivity index (χ1) is 4.47. The van der Waals surface area contributed by atoms with Gasteiger partial charge < -0.3 is 0 Å². The van der Waals surface area contributed by atoms with Crippen molar-refractivity contribution in [1.82, 2.24) is 15.0 Å². The van der Waals surface area contributed by atoms with E-state index >= 15 is 0 Å². The second kappa shape index (κ2) is 1.76. The molecule has 0 aliphatic heterocycles. The number of aromatic nitrogens is 3. The Hall–Kier alpha value is -0.990. The number of hydrogen-bond donors (Lipinski definition) is 0. The summed E-state index contributed by atoms with van der Waals surface area (Å²) in [5.74, 6) is 1.61. The predicted molar refractivity (Wildman–Crippen MR) is 31.8 cm³/mol. The minimum Gasteiger partial charge on any atom is -0.225 e. The Kier molecular flexibility index (Phi) is 0.946. The molecule has 3 nitrogen and oxygen atoms in total. The average molecular weight is 121 g/mol. The van der Waals surface area contributed by atoms with Gasteiger partial charge in [0.05, 0.1) is 0 Å². The SMILES string of the molecule is c1ncnc(C2CC2)n1.